The molecule has 2 amide bonds. The van der Waals surface area contributed by atoms with Gasteiger partial charge < -0.3 is 10.2 Å². The molecule has 82 valence electrons. The molecule has 0 aromatic carbocycles. The minimum atomic E-state index is 0.0326. The van der Waals surface area contributed by atoms with Gasteiger partial charge in [0.1, 0.15) is 0 Å². The highest BCUT2D eigenvalue weighted by Gasteiger charge is 2.18. The van der Waals surface area contributed by atoms with Crippen LogP contribution in [-0.2, 0) is 0 Å². The van der Waals surface area contributed by atoms with Crippen molar-refractivity contribution in [2.24, 2.45) is 0 Å². The predicted octanol–water partition coefficient (Wildman–Crippen LogP) is 2.59. The Morgan fingerprint density at radius 2 is 2.00 bits per heavy atom. The van der Waals surface area contributed by atoms with Crippen LogP contribution in [0.25, 0.3) is 0 Å². The third-order valence-electron chi connectivity index (χ3n) is 2.76. The Hall–Kier alpha value is -0.960. The average molecular weight is 227 g/mol. The molecule has 0 saturated carbocycles. The third-order valence-corrected chi connectivity index (χ3v) is 3.07. The van der Waals surface area contributed by atoms with Crippen LogP contribution in [0.15, 0.2) is 22.9 Å². The minimum Gasteiger partial charge on any atom is -0.325 e. The summed E-state index contributed by atoms with van der Waals surface area (Å²) in [5.74, 6) is 0. The molecule has 0 radical (unpaired) electrons. The first kappa shape index (κ1) is 10.6. The molecule has 0 aromatic rings. The average Bonchev–Trinajstić information content (AvgIpc) is 2.74. The van der Waals surface area contributed by atoms with Crippen molar-refractivity contribution in [3.8, 4) is 0 Å². The molecule has 0 spiro atoms. The van der Waals surface area contributed by atoms with Gasteiger partial charge in [0.2, 0.25) is 0 Å². The van der Waals surface area contributed by atoms with Crippen molar-refractivity contribution >= 4 is 17.6 Å². The quantitative estimate of drug-likeness (QED) is 0.733. The highest BCUT2D eigenvalue weighted by molar-refractivity contribution is 6.29. The topological polar surface area (TPSA) is 32.3 Å². The van der Waals surface area contributed by atoms with Gasteiger partial charge >= 0.3 is 6.03 Å². The Morgan fingerprint density at radius 3 is 2.60 bits per heavy atom. The number of urea groups is 1. The lowest BCUT2D eigenvalue weighted by Gasteiger charge is -2.19. The molecule has 1 aliphatic heterocycles. The summed E-state index contributed by atoms with van der Waals surface area (Å²) in [5, 5.41) is 3.78. The number of hydrogen-bond acceptors (Lipinski definition) is 1. The lowest BCUT2D eigenvalue weighted by molar-refractivity contribution is 0.211. The first-order valence-corrected chi connectivity index (χ1v) is 5.74. The molecule has 2 aliphatic rings. The Kier molecular flexibility index (Phi) is 3.31. The third kappa shape index (κ3) is 2.75. The molecule has 1 N–H and O–H groups in total. The largest absolute Gasteiger partial charge is 0.325 e. The van der Waals surface area contributed by atoms with E-state index in [0.717, 1.165) is 49.5 Å². The molecule has 0 atom stereocenters. The van der Waals surface area contributed by atoms with Crippen LogP contribution in [0.4, 0.5) is 4.79 Å². The second-order valence-corrected chi connectivity index (χ2v) is 4.42. The van der Waals surface area contributed by atoms with Crippen molar-refractivity contribution in [2.45, 2.75) is 25.7 Å². The van der Waals surface area contributed by atoms with E-state index in [4.69, 9.17) is 11.6 Å². The highest BCUT2D eigenvalue weighted by atomic mass is 35.5. The van der Waals surface area contributed by atoms with Crippen LogP contribution in [0, 0.1) is 0 Å². The first-order chi connectivity index (χ1) is 7.25. The van der Waals surface area contributed by atoms with Gasteiger partial charge in [-0.2, -0.15) is 0 Å². The van der Waals surface area contributed by atoms with Gasteiger partial charge in [-0.15, -0.1) is 0 Å². The molecule has 0 aromatic heterocycles. The highest BCUT2D eigenvalue weighted by Crippen LogP contribution is 2.19. The molecule has 4 heteroatoms. The summed E-state index contributed by atoms with van der Waals surface area (Å²) >= 11 is 5.84. The molecule has 1 aliphatic carbocycles. The van der Waals surface area contributed by atoms with Crippen molar-refractivity contribution in [1.29, 1.82) is 0 Å². The van der Waals surface area contributed by atoms with Gasteiger partial charge in [-0.1, -0.05) is 11.6 Å². The van der Waals surface area contributed by atoms with Crippen LogP contribution < -0.4 is 5.32 Å². The van der Waals surface area contributed by atoms with E-state index in [0.29, 0.717) is 0 Å². The second kappa shape index (κ2) is 4.71. The standard InChI is InChI=1S/C11H15ClN2O/c12-9-3-5-10(6-4-9)13-11(15)14-7-1-2-8-14/h3,5H,1-2,4,6-8H2,(H,13,15). The SMILES string of the molecule is O=C(NC1=CC=C(Cl)CC1)N1CCCC1. The van der Waals surface area contributed by atoms with Crippen molar-refractivity contribution in [2.75, 3.05) is 13.1 Å². The molecule has 1 saturated heterocycles. The van der Waals surface area contributed by atoms with Crippen LogP contribution in [0.2, 0.25) is 0 Å². The fourth-order valence-corrected chi connectivity index (χ4v) is 2.01. The van der Waals surface area contributed by atoms with Crippen LogP contribution in [0.5, 0.6) is 0 Å². The van der Waals surface area contributed by atoms with E-state index in [1.165, 1.54) is 0 Å². The van der Waals surface area contributed by atoms with E-state index in [1.54, 1.807) is 0 Å². The monoisotopic (exact) mass is 226 g/mol. The van der Waals surface area contributed by atoms with Gasteiger partial charge in [-0.05, 0) is 37.8 Å². The van der Waals surface area contributed by atoms with E-state index in [-0.39, 0.29) is 6.03 Å². The number of rotatable bonds is 1. The second-order valence-electron chi connectivity index (χ2n) is 3.93. The predicted molar refractivity (Wildman–Crippen MR) is 60.6 cm³/mol. The molecule has 3 nitrogen and oxygen atoms in total. The zero-order valence-corrected chi connectivity index (χ0v) is 9.39. The number of carbonyl (C=O) groups excluding carboxylic acids is 1. The molecule has 1 fully saturated rings. The van der Waals surface area contributed by atoms with Gasteiger partial charge in [-0.3, -0.25) is 0 Å². The number of halogens is 1. The van der Waals surface area contributed by atoms with E-state index in [9.17, 15) is 4.79 Å². The van der Waals surface area contributed by atoms with E-state index < -0.39 is 0 Å². The number of amides is 2. The van der Waals surface area contributed by atoms with Crippen molar-refractivity contribution in [1.82, 2.24) is 10.2 Å². The Bertz CT molecular complexity index is 317. The van der Waals surface area contributed by atoms with Crippen LogP contribution >= 0.6 is 11.6 Å². The van der Waals surface area contributed by atoms with Crippen LogP contribution in [-0.4, -0.2) is 24.0 Å². The number of allylic oxidation sites excluding steroid dienone is 4. The molecular formula is C11H15ClN2O. The van der Waals surface area contributed by atoms with E-state index in [1.807, 2.05) is 17.1 Å². The number of hydrogen-bond donors (Lipinski definition) is 1. The summed E-state index contributed by atoms with van der Waals surface area (Å²) in [6, 6.07) is 0.0326. The number of nitrogens with one attached hydrogen (secondary N) is 1. The van der Waals surface area contributed by atoms with Gasteiger partial charge in [0.15, 0.2) is 0 Å². The summed E-state index contributed by atoms with van der Waals surface area (Å²) in [5.41, 5.74) is 0.969. The fourth-order valence-electron chi connectivity index (χ4n) is 1.85. The molecule has 15 heavy (non-hydrogen) atoms. The lowest BCUT2D eigenvalue weighted by atomic mass is 10.1. The summed E-state index contributed by atoms with van der Waals surface area (Å²) in [6.45, 7) is 1.77. The van der Waals surface area contributed by atoms with Crippen molar-refractivity contribution < 1.29 is 4.79 Å². The maximum Gasteiger partial charge on any atom is 0.321 e. The fraction of sp³-hybridized carbons (Fsp3) is 0.545. The molecule has 0 unspecified atom stereocenters. The molecular weight excluding hydrogens is 212 g/mol. The molecule has 2 rings (SSSR count). The number of likely N-dealkylation sites (tertiary alicyclic amines) is 1. The van der Waals surface area contributed by atoms with Gasteiger partial charge in [0.05, 0.1) is 0 Å². The zero-order valence-electron chi connectivity index (χ0n) is 8.63. The molecule has 0 bridgehead atoms. The van der Waals surface area contributed by atoms with Gasteiger partial charge in [0.25, 0.3) is 0 Å². The maximum absolute atomic E-state index is 11.7. The Morgan fingerprint density at radius 1 is 1.27 bits per heavy atom. The van der Waals surface area contributed by atoms with Crippen molar-refractivity contribution in [3.63, 3.8) is 0 Å². The smallest absolute Gasteiger partial charge is 0.321 e. The zero-order chi connectivity index (χ0) is 10.7. The summed E-state index contributed by atoms with van der Waals surface area (Å²) in [4.78, 5) is 13.6. The van der Waals surface area contributed by atoms with E-state index >= 15 is 0 Å². The first-order valence-electron chi connectivity index (χ1n) is 5.37. The lowest BCUT2D eigenvalue weighted by Crippen LogP contribution is -2.37. The van der Waals surface area contributed by atoms with Crippen LogP contribution in [0.1, 0.15) is 25.7 Å². The maximum atomic E-state index is 11.7. The van der Waals surface area contributed by atoms with E-state index in [2.05, 4.69) is 5.32 Å². The Balaban J connectivity index is 1.88. The summed E-state index contributed by atoms with van der Waals surface area (Å²) in [7, 11) is 0. The van der Waals surface area contributed by atoms with Crippen LogP contribution in [0.3, 0.4) is 0 Å². The summed E-state index contributed by atoms with van der Waals surface area (Å²) in [6.07, 6.45) is 7.64. The minimum absolute atomic E-state index is 0.0326. The summed E-state index contributed by atoms with van der Waals surface area (Å²) < 4.78 is 0. The van der Waals surface area contributed by atoms with Crippen molar-refractivity contribution in [3.05, 3.63) is 22.9 Å². The normalized spacial score (nSPS) is 21.0. The number of carbonyl (C=O) groups is 1. The Labute approximate surface area is 94.8 Å². The van der Waals surface area contributed by atoms with Gasteiger partial charge in [-0.25, -0.2) is 4.79 Å². The van der Waals surface area contributed by atoms with Gasteiger partial charge in [0, 0.05) is 23.8 Å². The molecule has 1 heterocycles. The number of nitrogens with zero attached hydrogens (tertiary/aromatic N) is 1.